The third-order valence-corrected chi connectivity index (χ3v) is 5.58. The quantitative estimate of drug-likeness (QED) is 0.729. The zero-order valence-electron chi connectivity index (χ0n) is 9.90. The molecule has 3 atom stereocenters. The lowest BCUT2D eigenvalue weighted by Crippen LogP contribution is -2.18. The van der Waals surface area contributed by atoms with Crippen molar-refractivity contribution >= 4 is 5.97 Å². The first-order valence-corrected chi connectivity index (χ1v) is 6.20. The SMILES string of the molecule is COC(=O)C12CCC3(c4ccncc4)CC13C2. The van der Waals surface area contributed by atoms with Gasteiger partial charge in [0.2, 0.25) is 0 Å². The first kappa shape index (κ1) is 9.63. The van der Waals surface area contributed by atoms with Gasteiger partial charge in [0, 0.05) is 17.8 Å². The molecular weight excluding hydrogens is 214 g/mol. The maximum Gasteiger partial charge on any atom is 0.312 e. The van der Waals surface area contributed by atoms with Crippen molar-refractivity contribution in [2.75, 3.05) is 7.11 Å². The van der Waals surface area contributed by atoms with E-state index in [0.717, 1.165) is 19.3 Å². The van der Waals surface area contributed by atoms with E-state index in [0.29, 0.717) is 0 Å². The molecule has 1 aromatic heterocycles. The Balaban J connectivity index is 1.74. The Morgan fingerprint density at radius 2 is 2.06 bits per heavy atom. The van der Waals surface area contributed by atoms with Crippen LogP contribution in [-0.2, 0) is 14.9 Å². The minimum Gasteiger partial charge on any atom is -0.469 e. The molecule has 88 valence electrons. The lowest BCUT2D eigenvalue weighted by atomic mass is 9.91. The molecule has 0 bridgehead atoms. The van der Waals surface area contributed by atoms with Crippen LogP contribution in [0.4, 0.5) is 0 Å². The lowest BCUT2D eigenvalue weighted by molar-refractivity contribution is -0.147. The van der Waals surface area contributed by atoms with E-state index >= 15 is 0 Å². The standard InChI is InChI=1S/C14H15NO2/c1-17-11(16)13-5-4-12(8-14(12,13)9-13)10-2-6-15-7-3-10/h2-3,6-7H,4-5,8-9H2,1H3. The highest BCUT2D eigenvalue weighted by Gasteiger charge is 2.93. The van der Waals surface area contributed by atoms with E-state index in [1.807, 2.05) is 12.4 Å². The molecule has 1 spiro atoms. The Kier molecular flexibility index (Phi) is 1.44. The predicted molar refractivity (Wildman–Crippen MR) is 61.3 cm³/mol. The zero-order valence-corrected chi connectivity index (χ0v) is 9.90. The number of hydrogen-bond acceptors (Lipinski definition) is 3. The van der Waals surface area contributed by atoms with Gasteiger partial charge in [0.25, 0.3) is 0 Å². The Labute approximate surface area is 100 Å². The summed E-state index contributed by atoms with van der Waals surface area (Å²) in [5.74, 6) is 0.0194. The van der Waals surface area contributed by atoms with Gasteiger partial charge in [-0.15, -0.1) is 0 Å². The minimum atomic E-state index is -0.134. The van der Waals surface area contributed by atoms with E-state index < -0.39 is 0 Å². The van der Waals surface area contributed by atoms with Crippen molar-refractivity contribution in [2.24, 2.45) is 10.8 Å². The molecule has 1 heterocycles. The van der Waals surface area contributed by atoms with Crippen molar-refractivity contribution in [3.8, 4) is 0 Å². The van der Waals surface area contributed by atoms with Crippen LogP contribution in [0.1, 0.15) is 31.2 Å². The van der Waals surface area contributed by atoms with Crippen molar-refractivity contribution in [3.63, 3.8) is 0 Å². The Morgan fingerprint density at radius 3 is 2.65 bits per heavy atom. The second-order valence-corrected chi connectivity index (χ2v) is 5.83. The smallest absolute Gasteiger partial charge is 0.312 e. The van der Waals surface area contributed by atoms with E-state index in [1.165, 1.54) is 19.1 Å². The molecule has 3 aliphatic rings. The second-order valence-electron chi connectivity index (χ2n) is 5.83. The minimum absolute atomic E-state index is 0.0194. The Hall–Kier alpha value is -1.38. The summed E-state index contributed by atoms with van der Waals surface area (Å²) in [5.41, 5.74) is 1.75. The van der Waals surface area contributed by atoms with Crippen molar-refractivity contribution in [1.29, 1.82) is 0 Å². The molecule has 0 saturated heterocycles. The number of methoxy groups -OCH3 is 1. The van der Waals surface area contributed by atoms with Crippen molar-refractivity contribution in [1.82, 2.24) is 4.98 Å². The van der Waals surface area contributed by atoms with Gasteiger partial charge in [0.15, 0.2) is 0 Å². The van der Waals surface area contributed by atoms with Crippen LogP contribution < -0.4 is 0 Å². The molecule has 3 heteroatoms. The first-order valence-electron chi connectivity index (χ1n) is 6.20. The zero-order chi connectivity index (χ0) is 11.7. The highest BCUT2D eigenvalue weighted by molar-refractivity contribution is 5.86. The molecule has 1 aromatic rings. The summed E-state index contributed by atoms with van der Waals surface area (Å²) >= 11 is 0. The molecule has 3 saturated carbocycles. The molecule has 0 radical (unpaired) electrons. The topological polar surface area (TPSA) is 39.2 Å². The average molecular weight is 229 g/mol. The van der Waals surface area contributed by atoms with Crippen molar-refractivity contribution < 1.29 is 9.53 Å². The normalized spacial score (nSPS) is 44.8. The number of hydrogen-bond donors (Lipinski definition) is 0. The number of rotatable bonds is 2. The Morgan fingerprint density at radius 1 is 1.29 bits per heavy atom. The summed E-state index contributed by atoms with van der Waals surface area (Å²) in [5, 5.41) is 0. The monoisotopic (exact) mass is 229 g/mol. The molecule has 4 rings (SSSR count). The fourth-order valence-electron chi connectivity index (χ4n) is 4.64. The van der Waals surface area contributed by atoms with Crippen LogP contribution in [0.25, 0.3) is 0 Å². The lowest BCUT2D eigenvalue weighted by Gasteiger charge is -2.13. The van der Waals surface area contributed by atoms with Gasteiger partial charge in [-0.2, -0.15) is 0 Å². The van der Waals surface area contributed by atoms with Gasteiger partial charge in [-0.25, -0.2) is 0 Å². The first-order chi connectivity index (χ1) is 8.21. The van der Waals surface area contributed by atoms with Gasteiger partial charge >= 0.3 is 5.97 Å². The van der Waals surface area contributed by atoms with Gasteiger partial charge in [0.1, 0.15) is 0 Å². The molecule has 0 aromatic carbocycles. The fourth-order valence-corrected chi connectivity index (χ4v) is 4.64. The molecule has 3 fully saturated rings. The van der Waals surface area contributed by atoms with Gasteiger partial charge in [0.05, 0.1) is 12.5 Å². The number of carbonyl (C=O) groups is 1. The molecule has 17 heavy (non-hydrogen) atoms. The molecule has 3 unspecified atom stereocenters. The summed E-state index contributed by atoms with van der Waals surface area (Å²) in [6, 6.07) is 4.22. The highest BCUT2D eigenvalue weighted by atomic mass is 16.5. The van der Waals surface area contributed by atoms with Gasteiger partial charge < -0.3 is 4.74 Å². The molecule has 0 amide bonds. The van der Waals surface area contributed by atoms with Crippen LogP contribution in [0.2, 0.25) is 0 Å². The van der Waals surface area contributed by atoms with Crippen LogP contribution in [0.15, 0.2) is 24.5 Å². The maximum absolute atomic E-state index is 11.9. The number of esters is 1. The number of ether oxygens (including phenoxy) is 1. The summed E-state index contributed by atoms with van der Waals surface area (Å²) in [4.78, 5) is 16.0. The number of pyridine rings is 1. The van der Waals surface area contributed by atoms with Crippen LogP contribution >= 0.6 is 0 Å². The number of nitrogens with zero attached hydrogens (tertiary/aromatic N) is 1. The number of aromatic nitrogens is 1. The van der Waals surface area contributed by atoms with Crippen LogP contribution in [0.5, 0.6) is 0 Å². The summed E-state index contributed by atoms with van der Waals surface area (Å²) in [6.07, 6.45) is 8.05. The molecule has 3 nitrogen and oxygen atoms in total. The van der Waals surface area contributed by atoms with Crippen LogP contribution in [0.3, 0.4) is 0 Å². The highest BCUT2D eigenvalue weighted by Crippen LogP contribution is 2.94. The summed E-state index contributed by atoms with van der Waals surface area (Å²) in [7, 11) is 1.51. The van der Waals surface area contributed by atoms with E-state index in [9.17, 15) is 4.79 Å². The van der Waals surface area contributed by atoms with E-state index in [-0.39, 0.29) is 22.2 Å². The van der Waals surface area contributed by atoms with E-state index in [4.69, 9.17) is 4.74 Å². The second kappa shape index (κ2) is 2.55. The van der Waals surface area contributed by atoms with E-state index in [2.05, 4.69) is 17.1 Å². The Bertz CT molecular complexity index is 506. The molecule has 3 aliphatic carbocycles. The van der Waals surface area contributed by atoms with Crippen LogP contribution in [-0.4, -0.2) is 18.1 Å². The summed E-state index contributed by atoms with van der Waals surface area (Å²) < 4.78 is 5.00. The molecule has 0 aliphatic heterocycles. The average Bonchev–Trinajstić information content (AvgIpc) is 3.24. The largest absolute Gasteiger partial charge is 0.469 e. The molecular formula is C14H15NO2. The van der Waals surface area contributed by atoms with E-state index in [1.54, 1.807) is 0 Å². The predicted octanol–water partition coefficient (Wildman–Crippen LogP) is 2.07. The summed E-state index contributed by atoms with van der Waals surface area (Å²) in [6.45, 7) is 0. The van der Waals surface area contributed by atoms with Gasteiger partial charge in [-0.3, -0.25) is 9.78 Å². The van der Waals surface area contributed by atoms with Crippen molar-refractivity contribution in [3.05, 3.63) is 30.1 Å². The third kappa shape index (κ3) is 0.810. The third-order valence-electron chi connectivity index (χ3n) is 5.58. The maximum atomic E-state index is 11.9. The fraction of sp³-hybridized carbons (Fsp3) is 0.571. The van der Waals surface area contributed by atoms with Gasteiger partial charge in [-0.1, -0.05) is 0 Å². The van der Waals surface area contributed by atoms with Crippen LogP contribution in [0, 0.1) is 10.8 Å². The molecule has 0 N–H and O–H groups in total. The number of carbonyl (C=O) groups excluding carboxylic acids is 1. The van der Waals surface area contributed by atoms with Crippen molar-refractivity contribution in [2.45, 2.75) is 31.1 Å². The van der Waals surface area contributed by atoms with Gasteiger partial charge in [-0.05, 0) is 48.8 Å².